The van der Waals surface area contributed by atoms with E-state index in [-0.39, 0.29) is 15.4 Å². The molecular weight excluding hydrogens is 811 g/mol. The molecule has 0 amide bonds. The Morgan fingerprint density at radius 3 is 1.59 bits per heavy atom. The topological polar surface area (TPSA) is 148 Å². The molecule has 3 N–H and O–H groups in total. The van der Waals surface area contributed by atoms with Crippen molar-refractivity contribution in [2.75, 3.05) is 26.1 Å². The smallest absolute Gasteiger partial charge is 0.295 e. The van der Waals surface area contributed by atoms with Crippen molar-refractivity contribution < 1.29 is 40.2 Å². The van der Waals surface area contributed by atoms with Gasteiger partial charge in [0.2, 0.25) is 0 Å². The zero-order valence-electron chi connectivity index (χ0n) is 36.0. The largest absolute Gasteiger partial charge is 0.496 e. The molecule has 0 radical (unpaired) electrons. The zero-order chi connectivity index (χ0) is 44.4. The minimum atomic E-state index is -4.81. The van der Waals surface area contributed by atoms with Crippen LogP contribution in [0.25, 0.3) is 0 Å². The number of benzene rings is 6. The molecule has 6 aromatic carbocycles. The molecule has 10 nitrogen and oxygen atoms in total. The van der Waals surface area contributed by atoms with Crippen LogP contribution in [0.15, 0.2) is 107 Å². The molecule has 0 aromatic heterocycles. The van der Waals surface area contributed by atoms with Gasteiger partial charge in [0.1, 0.15) is 22.1 Å². The molecule has 12 heteroatoms. The molecule has 320 valence electrons. The summed E-state index contributed by atoms with van der Waals surface area (Å²) in [6.07, 6.45) is 0.969. The number of methoxy groups -OCH3 is 2. The van der Waals surface area contributed by atoms with Crippen molar-refractivity contribution in [1.82, 2.24) is 0 Å². The minimum Gasteiger partial charge on any atom is -0.496 e. The number of rotatable bonds is 15. The predicted molar refractivity (Wildman–Crippen MR) is 241 cm³/mol. The Bertz CT molecular complexity index is 2810. The average molecular weight is 864 g/mol. The summed E-state index contributed by atoms with van der Waals surface area (Å²) in [5, 5.41) is 3.24. The summed E-state index contributed by atoms with van der Waals surface area (Å²) in [4.78, 5) is -0.418. The molecule has 1 atom stereocenters. The molecule has 0 spiro atoms. The van der Waals surface area contributed by atoms with Crippen LogP contribution in [0.4, 0.5) is 11.4 Å². The summed E-state index contributed by atoms with van der Waals surface area (Å²) < 4.78 is 90.3. The predicted octanol–water partition coefficient (Wildman–Crippen LogP) is 10.6. The van der Waals surface area contributed by atoms with Gasteiger partial charge in [0.25, 0.3) is 20.2 Å². The third kappa shape index (κ3) is 9.95. The first-order valence-electron chi connectivity index (χ1n) is 19.9. The zero-order valence-corrected chi connectivity index (χ0v) is 37.6. The van der Waals surface area contributed by atoms with E-state index in [0.29, 0.717) is 70.3 Å². The van der Waals surface area contributed by atoms with Crippen LogP contribution in [-0.2, 0) is 33.1 Å². The van der Waals surface area contributed by atoms with Gasteiger partial charge in [0, 0.05) is 28.4 Å². The average Bonchev–Trinajstić information content (AvgIpc) is 3.18. The van der Waals surface area contributed by atoms with Crippen LogP contribution in [0.5, 0.6) is 17.2 Å². The van der Waals surface area contributed by atoms with Crippen LogP contribution in [0.2, 0.25) is 0 Å². The Morgan fingerprint density at radius 1 is 0.574 bits per heavy atom. The Morgan fingerprint density at radius 2 is 1.08 bits per heavy atom. The number of hydrogen-bond acceptors (Lipinski definition) is 8. The normalized spacial score (nSPS) is 12.2. The van der Waals surface area contributed by atoms with Gasteiger partial charge < -0.3 is 19.5 Å². The van der Waals surface area contributed by atoms with Crippen LogP contribution in [0, 0.1) is 41.5 Å². The van der Waals surface area contributed by atoms with Crippen LogP contribution in [0.1, 0.15) is 85.2 Å². The summed E-state index contributed by atoms with van der Waals surface area (Å²) in [5.41, 5.74) is 11.7. The summed E-state index contributed by atoms with van der Waals surface area (Å²) in [5.74, 6) is 0.801. The van der Waals surface area contributed by atoms with Gasteiger partial charge in [-0.2, -0.15) is 16.8 Å². The van der Waals surface area contributed by atoms with Crippen molar-refractivity contribution in [1.29, 1.82) is 0 Å². The molecule has 1 unspecified atom stereocenters. The van der Waals surface area contributed by atoms with Gasteiger partial charge in [0.05, 0.1) is 25.7 Å². The van der Waals surface area contributed by atoms with Crippen LogP contribution in [-0.4, -0.2) is 46.8 Å². The molecule has 0 aliphatic heterocycles. The lowest BCUT2D eigenvalue weighted by atomic mass is 9.82. The van der Waals surface area contributed by atoms with Crippen molar-refractivity contribution in [3.8, 4) is 17.2 Å². The highest BCUT2D eigenvalue weighted by Gasteiger charge is 2.31. The van der Waals surface area contributed by atoms with Gasteiger partial charge in [-0.25, -0.2) is 0 Å². The molecule has 6 aromatic rings. The van der Waals surface area contributed by atoms with E-state index >= 15 is 0 Å². The summed E-state index contributed by atoms with van der Waals surface area (Å²) in [7, 11) is -6.19. The minimum absolute atomic E-state index is 0.113. The van der Waals surface area contributed by atoms with Gasteiger partial charge in [-0.15, -0.1) is 0 Å². The van der Waals surface area contributed by atoms with Crippen molar-refractivity contribution in [3.63, 3.8) is 0 Å². The standard InChI is InChI=1S/C49H53NO9S2/c1-10-59-39-16-13-37(14-17-39)50-38-15-20-42(47(28-38)60(51,52)53)48(40-18-11-35(26-45(40)57-8)24-43-30(3)21-29(2)22-31(43)4)41-19-12-36(27-46(41)58-9)25-44-32(5)23-33(6)49(34(44)7)61(54,55)56/h11-23,26-28,48,50H,10,24-25H2,1-9H3,(H,51,52,53)(H,54,55,56). The van der Waals surface area contributed by atoms with Gasteiger partial charge in [-0.05, 0) is 165 Å². The maximum Gasteiger partial charge on any atom is 0.295 e. The molecule has 0 heterocycles. The van der Waals surface area contributed by atoms with E-state index in [4.69, 9.17) is 14.2 Å². The first-order chi connectivity index (χ1) is 28.8. The molecule has 0 saturated heterocycles. The van der Waals surface area contributed by atoms with Crippen molar-refractivity contribution in [2.45, 2.75) is 77.0 Å². The quantitative estimate of drug-likeness (QED) is 0.0673. The molecular formula is C49H53NO9S2. The fraction of sp³-hybridized carbons (Fsp3) is 0.265. The number of nitrogens with one attached hydrogen (secondary N) is 1. The Hall–Kier alpha value is -5.66. The summed E-state index contributed by atoms with van der Waals surface area (Å²) in [6.45, 7) is 13.9. The highest BCUT2D eigenvalue weighted by molar-refractivity contribution is 7.86. The first-order valence-corrected chi connectivity index (χ1v) is 22.8. The van der Waals surface area contributed by atoms with Gasteiger partial charge >= 0.3 is 0 Å². The molecule has 61 heavy (non-hydrogen) atoms. The molecule has 0 aliphatic carbocycles. The SMILES string of the molecule is CCOc1ccc(Nc2ccc(C(c3ccc(Cc4c(C)cc(C)cc4C)cc3OC)c3ccc(Cc4c(C)cc(C)c(S(=O)(=O)O)c4C)cc3OC)c(S(=O)(=O)O)c2)cc1. The first kappa shape index (κ1) is 44.9. The number of anilines is 2. The Kier molecular flexibility index (Phi) is 13.3. The Balaban J connectivity index is 1.52. The van der Waals surface area contributed by atoms with Crippen molar-refractivity contribution >= 4 is 31.6 Å². The highest BCUT2D eigenvalue weighted by Crippen LogP contribution is 2.45. The van der Waals surface area contributed by atoms with Crippen molar-refractivity contribution in [3.05, 3.63) is 169 Å². The van der Waals surface area contributed by atoms with E-state index in [1.54, 1.807) is 39.2 Å². The lowest BCUT2D eigenvalue weighted by molar-refractivity contribution is 0.340. The second-order valence-corrected chi connectivity index (χ2v) is 18.3. The third-order valence-electron chi connectivity index (χ3n) is 11.2. The highest BCUT2D eigenvalue weighted by atomic mass is 32.2. The number of aryl methyl sites for hydroxylation is 5. The summed E-state index contributed by atoms with van der Waals surface area (Å²) >= 11 is 0. The van der Waals surface area contributed by atoms with E-state index < -0.39 is 26.2 Å². The van der Waals surface area contributed by atoms with Gasteiger partial charge in [0.15, 0.2) is 0 Å². The molecule has 0 aliphatic rings. The van der Waals surface area contributed by atoms with Crippen LogP contribution >= 0.6 is 0 Å². The van der Waals surface area contributed by atoms with E-state index in [0.717, 1.165) is 22.3 Å². The van der Waals surface area contributed by atoms with Crippen LogP contribution in [0.3, 0.4) is 0 Å². The second-order valence-electron chi connectivity index (χ2n) is 15.5. The number of ether oxygens (including phenoxy) is 3. The third-order valence-corrected chi connectivity index (χ3v) is 13.2. The fourth-order valence-corrected chi connectivity index (χ4v) is 10.3. The Labute approximate surface area is 360 Å². The molecule has 0 saturated carbocycles. The fourth-order valence-electron chi connectivity index (χ4n) is 8.52. The molecule has 0 bridgehead atoms. The van der Waals surface area contributed by atoms with Gasteiger partial charge in [-0.1, -0.05) is 54.1 Å². The second kappa shape index (κ2) is 18.1. The lowest BCUT2D eigenvalue weighted by Crippen LogP contribution is -2.13. The summed E-state index contributed by atoms with van der Waals surface area (Å²) in [6, 6.07) is 29.7. The lowest BCUT2D eigenvalue weighted by Gasteiger charge is -2.26. The molecule has 0 fully saturated rings. The van der Waals surface area contributed by atoms with E-state index in [1.165, 1.54) is 35.4 Å². The van der Waals surface area contributed by atoms with Crippen LogP contribution < -0.4 is 19.5 Å². The number of hydrogen-bond donors (Lipinski definition) is 3. The van der Waals surface area contributed by atoms with Gasteiger partial charge in [-0.3, -0.25) is 9.11 Å². The van der Waals surface area contributed by atoms with Crippen molar-refractivity contribution in [2.24, 2.45) is 0 Å². The monoisotopic (exact) mass is 863 g/mol. The van der Waals surface area contributed by atoms with E-state index in [2.05, 4.69) is 38.2 Å². The van der Waals surface area contributed by atoms with E-state index in [9.17, 15) is 25.9 Å². The maximum atomic E-state index is 13.4. The maximum absolute atomic E-state index is 13.4. The molecule has 6 rings (SSSR count). The van der Waals surface area contributed by atoms with E-state index in [1.807, 2.05) is 74.5 Å².